The molecule has 1 aromatic carbocycles. The summed E-state index contributed by atoms with van der Waals surface area (Å²) in [5.41, 5.74) is 2.22. The van der Waals surface area contributed by atoms with E-state index in [0.717, 1.165) is 17.0 Å². The van der Waals surface area contributed by atoms with Gasteiger partial charge in [-0.25, -0.2) is 0 Å². The number of aromatic nitrogens is 2. The van der Waals surface area contributed by atoms with Crippen molar-refractivity contribution in [1.29, 1.82) is 0 Å². The lowest BCUT2D eigenvalue weighted by molar-refractivity contribution is 0.0945. The van der Waals surface area contributed by atoms with Crippen LogP contribution in [0, 0.1) is 0 Å². The van der Waals surface area contributed by atoms with E-state index in [1.54, 1.807) is 25.4 Å². The minimum atomic E-state index is -0.365. The summed E-state index contributed by atoms with van der Waals surface area (Å²) >= 11 is 0. The second-order valence-corrected chi connectivity index (χ2v) is 5.96. The predicted molar refractivity (Wildman–Crippen MR) is 104 cm³/mol. The summed E-state index contributed by atoms with van der Waals surface area (Å²) in [5.74, 6) is 0.109. The maximum Gasteiger partial charge on any atom is 0.270 e. The van der Waals surface area contributed by atoms with E-state index in [4.69, 9.17) is 4.74 Å². The lowest BCUT2D eigenvalue weighted by Gasteiger charge is -2.08. The summed E-state index contributed by atoms with van der Waals surface area (Å²) in [6, 6.07) is 15.9. The normalized spacial score (nSPS) is 10.2. The molecule has 0 aliphatic carbocycles. The molecule has 3 aromatic rings. The average molecular weight is 376 g/mol. The second-order valence-electron chi connectivity index (χ2n) is 5.96. The van der Waals surface area contributed by atoms with Crippen LogP contribution in [0.5, 0.6) is 5.75 Å². The molecule has 7 nitrogen and oxygen atoms in total. The smallest absolute Gasteiger partial charge is 0.270 e. The van der Waals surface area contributed by atoms with Crippen LogP contribution in [0.2, 0.25) is 0 Å². The molecule has 0 spiro atoms. The number of ether oxygens (including phenoxy) is 1. The van der Waals surface area contributed by atoms with Crippen molar-refractivity contribution in [2.24, 2.45) is 0 Å². The lowest BCUT2D eigenvalue weighted by Crippen LogP contribution is -2.26. The Kier molecular flexibility index (Phi) is 6.30. The SMILES string of the molecule is COc1ccc(CNC(=O)c2ccnc(C(=O)NCc3ccccn3)c2)cc1. The molecule has 2 aromatic heterocycles. The number of carbonyl (C=O) groups is 2. The summed E-state index contributed by atoms with van der Waals surface area (Å²) in [6.07, 6.45) is 3.10. The molecule has 0 fully saturated rings. The highest BCUT2D eigenvalue weighted by Gasteiger charge is 2.12. The Balaban J connectivity index is 1.58. The molecule has 28 heavy (non-hydrogen) atoms. The molecule has 0 saturated heterocycles. The van der Waals surface area contributed by atoms with Crippen molar-refractivity contribution in [3.05, 3.63) is 89.5 Å². The van der Waals surface area contributed by atoms with E-state index in [2.05, 4.69) is 20.6 Å². The summed E-state index contributed by atoms with van der Waals surface area (Å²) < 4.78 is 5.11. The Morgan fingerprint density at radius 1 is 0.893 bits per heavy atom. The molecule has 7 heteroatoms. The molecule has 0 aliphatic rings. The van der Waals surface area contributed by atoms with Crippen LogP contribution in [-0.4, -0.2) is 28.9 Å². The molecule has 2 heterocycles. The van der Waals surface area contributed by atoms with E-state index in [-0.39, 0.29) is 24.1 Å². The van der Waals surface area contributed by atoms with Crippen LogP contribution in [0.15, 0.2) is 67.0 Å². The van der Waals surface area contributed by atoms with Gasteiger partial charge in [-0.05, 0) is 42.0 Å². The number of benzene rings is 1. The van der Waals surface area contributed by atoms with E-state index in [1.165, 1.54) is 12.3 Å². The van der Waals surface area contributed by atoms with E-state index < -0.39 is 0 Å². The Bertz CT molecular complexity index is 943. The zero-order valence-corrected chi connectivity index (χ0v) is 15.4. The Hall–Kier alpha value is -3.74. The Morgan fingerprint density at radius 2 is 1.68 bits per heavy atom. The van der Waals surface area contributed by atoms with Gasteiger partial charge in [-0.2, -0.15) is 0 Å². The first kappa shape index (κ1) is 19.0. The number of nitrogens with zero attached hydrogens (tertiary/aromatic N) is 2. The van der Waals surface area contributed by atoms with Crippen LogP contribution in [0.25, 0.3) is 0 Å². The zero-order valence-electron chi connectivity index (χ0n) is 15.4. The van der Waals surface area contributed by atoms with Gasteiger partial charge in [0.05, 0.1) is 19.3 Å². The van der Waals surface area contributed by atoms with Crippen molar-refractivity contribution in [3.63, 3.8) is 0 Å². The molecule has 142 valence electrons. The van der Waals surface area contributed by atoms with Gasteiger partial charge >= 0.3 is 0 Å². The van der Waals surface area contributed by atoms with Gasteiger partial charge in [0.1, 0.15) is 11.4 Å². The number of nitrogens with one attached hydrogen (secondary N) is 2. The number of methoxy groups -OCH3 is 1. The monoisotopic (exact) mass is 376 g/mol. The van der Waals surface area contributed by atoms with Crippen molar-refractivity contribution < 1.29 is 14.3 Å². The fraction of sp³-hybridized carbons (Fsp3) is 0.143. The van der Waals surface area contributed by atoms with E-state index in [0.29, 0.717) is 12.1 Å². The van der Waals surface area contributed by atoms with Crippen molar-refractivity contribution in [2.45, 2.75) is 13.1 Å². The van der Waals surface area contributed by atoms with Gasteiger partial charge in [0.2, 0.25) is 0 Å². The molecule has 2 amide bonds. The highest BCUT2D eigenvalue weighted by atomic mass is 16.5. The van der Waals surface area contributed by atoms with Crippen molar-refractivity contribution in [1.82, 2.24) is 20.6 Å². The molecule has 0 atom stereocenters. The largest absolute Gasteiger partial charge is 0.497 e. The second kappa shape index (κ2) is 9.27. The average Bonchev–Trinajstić information content (AvgIpc) is 2.77. The van der Waals surface area contributed by atoms with Crippen molar-refractivity contribution >= 4 is 11.8 Å². The van der Waals surface area contributed by atoms with Crippen LogP contribution in [0.4, 0.5) is 0 Å². The van der Waals surface area contributed by atoms with Gasteiger partial charge in [-0.15, -0.1) is 0 Å². The fourth-order valence-corrected chi connectivity index (χ4v) is 2.49. The van der Waals surface area contributed by atoms with Gasteiger partial charge < -0.3 is 15.4 Å². The number of rotatable bonds is 7. The first-order chi connectivity index (χ1) is 13.7. The van der Waals surface area contributed by atoms with Crippen LogP contribution in [0.3, 0.4) is 0 Å². The molecule has 0 unspecified atom stereocenters. The van der Waals surface area contributed by atoms with Crippen molar-refractivity contribution in [2.75, 3.05) is 7.11 Å². The Morgan fingerprint density at radius 3 is 2.39 bits per heavy atom. The number of pyridine rings is 2. The zero-order chi connectivity index (χ0) is 19.8. The Labute approximate surface area is 162 Å². The van der Waals surface area contributed by atoms with Gasteiger partial charge in [0, 0.05) is 24.5 Å². The van der Waals surface area contributed by atoms with Crippen LogP contribution in [-0.2, 0) is 13.1 Å². The first-order valence-corrected chi connectivity index (χ1v) is 8.71. The summed E-state index contributed by atoms with van der Waals surface area (Å²) in [7, 11) is 1.60. The molecule has 0 saturated carbocycles. The predicted octanol–water partition coefficient (Wildman–Crippen LogP) is 2.35. The standard InChI is InChI=1S/C21H20N4O3/c1-28-18-7-5-15(6-8-18)13-24-20(26)16-9-11-23-19(12-16)21(27)25-14-17-4-2-3-10-22-17/h2-12H,13-14H2,1H3,(H,24,26)(H,25,27). The van der Waals surface area contributed by atoms with E-state index in [1.807, 2.05) is 36.4 Å². The topological polar surface area (TPSA) is 93.2 Å². The third kappa shape index (κ3) is 5.14. The first-order valence-electron chi connectivity index (χ1n) is 8.71. The minimum Gasteiger partial charge on any atom is -0.497 e. The summed E-state index contributed by atoms with van der Waals surface area (Å²) in [6.45, 7) is 0.654. The fourth-order valence-electron chi connectivity index (χ4n) is 2.49. The van der Waals surface area contributed by atoms with Gasteiger partial charge in [0.25, 0.3) is 11.8 Å². The molecule has 0 bridgehead atoms. The number of amides is 2. The van der Waals surface area contributed by atoms with E-state index >= 15 is 0 Å². The number of hydrogen-bond acceptors (Lipinski definition) is 5. The minimum absolute atomic E-state index is 0.174. The highest BCUT2D eigenvalue weighted by Crippen LogP contribution is 2.11. The van der Waals surface area contributed by atoms with Crippen LogP contribution < -0.4 is 15.4 Å². The maximum atomic E-state index is 12.4. The van der Waals surface area contributed by atoms with Gasteiger partial charge in [0.15, 0.2) is 0 Å². The third-order valence-electron chi connectivity index (χ3n) is 4.02. The van der Waals surface area contributed by atoms with Crippen molar-refractivity contribution in [3.8, 4) is 5.75 Å². The highest BCUT2D eigenvalue weighted by molar-refractivity contribution is 5.98. The molecule has 0 aliphatic heterocycles. The lowest BCUT2D eigenvalue weighted by atomic mass is 10.2. The van der Waals surface area contributed by atoms with Gasteiger partial charge in [-0.1, -0.05) is 18.2 Å². The van der Waals surface area contributed by atoms with Crippen LogP contribution >= 0.6 is 0 Å². The molecule has 0 radical (unpaired) electrons. The number of carbonyl (C=O) groups excluding carboxylic acids is 2. The summed E-state index contributed by atoms with van der Waals surface area (Å²) in [5, 5.41) is 5.57. The molecule has 3 rings (SSSR count). The van der Waals surface area contributed by atoms with E-state index in [9.17, 15) is 9.59 Å². The summed E-state index contributed by atoms with van der Waals surface area (Å²) in [4.78, 5) is 32.9. The maximum absolute atomic E-state index is 12.4. The molecule has 2 N–H and O–H groups in total. The van der Waals surface area contributed by atoms with Crippen LogP contribution in [0.1, 0.15) is 32.1 Å². The third-order valence-corrected chi connectivity index (χ3v) is 4.02. The quantitative estimate of drug-likeness (QED) is 0.660. The molecular weight excluding hydrogens is 356 g/mol. The molecular formula is C21H20N4O3. The number of hydrogen-bond donors (Lipinski definition) is 2. The van der Waals surface area contributed by atoms with Gasteiger partial charge in [-0.3, -0.25) is 19.6 Å².